The van der Waals surface area contributed by atoms with Crippen LogP contribution in [0.4, 0.5) is 13.2 Å². The van der Waals surface area contributed by atoms with Crippen molar-refractivity contribution < 1.29 is 35.3 Å². The summed E-state index contributed by atoms with van der Waals surface area (Å²) in [7, 11) is -4.42. The number of carbonyl (C=O) groups excluding carboxylic acids is 1. The summed E-state index contributed by atoms with van der Waals surface area (Å²) in [5.41, 5.74) is -5.63. The van der Waals surface area contributed by atoms with Crippen LogP contribution in [0, 0.1) is 0 Å². The Balaban J connectivity index is 2.42. The molecule has 0 fully saturated rings. The Morgan fingerprint density at radius 3 is 2.27 bits per heavy atom. The summed E-state index contributed by atoms with van der Waals surface area (Å²) in [6.07, 6.45) is 0. The lowest BCUT2D eigenvalue weighted by molar-refractivity contribution is -0.114. The van der Waals surface area contributed by atoms with Crippen LogP contribution >= 0.6 is 0 Å². The number of benzene rings is 1. The summed E-state index contributed by atoms with van der Waals surface area (Å²) in [5, 5.41) is 2.22. The summed E-state index contributed by atoms with van der Waals surface area (Å²) in [5.74, 6) is -0.863. The average Bonchev–Trinajstić information content (AvgIpc) is 2.78. The molecule has 2 rings (SSSR count). The van der Waals surface area contributed by atoms with Gasteiger partial charge in [0.1, 0.15) is 5.75 Å². The smallest absolute Gasteiger partial charge is 0.497 e. The van der Waals surface area contributed by atoms with E-state index >= 15 is 0 Å². The molecule has 22 heavy (non-hydrogen) atoms. The maximum absolute atomic E-state index is 12.4. The number of rotatable bonds is 4. The molecule has 0 bridgehead atoms. The molecule has 0 spiro atoms. The Morgan fingerprint density at radius 1 is 1.18 bits per heavy atom. The third-order valence-corrected chi connectivity index (χ3v) is 3.78. The van der Waals surface area contributed by atoms with E-state index in [1.54, 1.807) is 0 Å². The lowest BCUT2D eigenvalue weighted by Crippen LogP contribution is -2.26. The van der Waals surface area contributed by atoms with E-state index < -0.39 is 33.8 Å². The van der Waals surface area contributed by atoms with Crippen LogP contribution in [0.3, 0.4) is 0 Å². The van der Waals surface area contributed by atoms with Crippen molar-refractivity contribution in [3.63, 3.8) is 0 Å². The maximum atomic E-state index is 12.4. The second-order valence-corrected chi connectivity index (χ2v) is 5.73. The van der Waals surface area contributed by atoms with Crippen molar-refractivity contribution in [1.82, 2.24) is 5.32 Å². The molecule has 6 nitrogen and oxygen atoms in total. The Bertz CT molecular complexity index is 722. The molecule has 0 unspecified atom stereocenters. The Kier molecular flexibility index (Phi) is 4.05. The topological polar surface area (TPSA) is 81.7 Å². The van der Waals surface area contributed by atoms with E-state index in [9.17, 15) is 26.4 Å². The second kappa shape index (κ2) is 5.52. The van der Waals surface area contributed by atoms with Gasteiger partial charge in [-0.25, -0.2) is 0 Å². The van der Waals surface area contributed by atoms with Gasteiger partial charge in [0.25, 0.3) is 5.91 Å². The van der Waals surface area contributed by atoms with Gasteiger partial charge in [-0.1, -0.05) is 12.1 Å². The highest BCUT2D eigenvalue weighted by atomic mass is 32.2. The largest absolute Gasteiger partial charge is 0.534 e. The van der Waals surface area contributed by atoms with Crippen molar-refractivity contribution >= 4 is 21.6 Å². The molecule has 1 aromatic carbocycles. The van der Waals surface area contributed by atoms with Gasteiger partial charge in [0.2, 0.25) is 0 Å². The number of ether oxygens (including phenoxy) is 1. The lowest BCUT2D eigenvalue weighted by Gasteiger charge is -2.11. The summed E-state index contributed by atoms with van der Waals surface area (Å²) in [6, 6.07) is 5.76. The summed E-state index contributed by atoms with van der Waals surface area (Å²) >= 11 is 0. The van der Waals surface area contributed by atoms with Crippen molar-refractivity contribution in [2.45, 2.75) is 5.51 Å². The van der Waals surface area contributed by atoms with Gasteiger partial charge < -0.3 is 14.2 Å². The van der Waals surface area contributed by atoms with E-state index in [1.807, 2.05) is 0 Å². The van der Waals surface area contributed by atoms with Crippen LogP contribution in [0.25, 0.3) is 5.57 Å². The molecule has 1 heterocycles. The minimum Gasteiger partial charge on any atom is -0.497 e. The Morgan fingerprint density at radius 2 is 1.77 bits per heavy atom. The molecular weight excluding hydrogens is 327 g/mol. The molecule has 1 N–H and O–H groups in total. The predicted molar refractivity (Wildman–Crippen MR) is 69.0 cm³/mol. The first-order valence-corrected chi connectivity index (χ1v) is 7.23. The van der Waals surface area contributed by atoms with Crippen LogP contribution in [0.1, 0.15) is 5.56 Å². The number of nitrogens with one attached hydrogen (secondary N) is 1. The van der Waals surface area contributed by atoms with Gasteiger partial charge in [0.05, 0.1) is 19.2 Å². The Labute approximate surface area is 123 Å². The predicted octanol–water partition coefficient (Wildman–Crippen LogP) is 1.40. The van der Waals surface area contributed by atoms with E-state index in [2.05, 4.69) is 9.50 Å². The minimum absolute atomic E-state index is 0.211. The number of alkyl halides is 3. The first kappa shape index (κ1) is 16.1. The average molecular weight is 337 g/mol. The highest BCUT2D eigenvalue weighted by Gasteiger charge is 2.49. The summed E-state index contributed by atoms with van der Waals surface area (Å²) in [4.78, 5) is 11.7. The fraction of sp³-hybridized carbons (Fsp3) is 0.250. The third kappa shape index (κ3) is 3.01. The van der Waals surface area contributed by atoms with Crippen LogP contribution in [0.2, 0.25) is 0 Å². The molecule has 0 aromatic heterocycles. The van der Waals surface area contributed by atoms with Crippen LogP contribution in [0.5, 0.6) is 5.75 Å². The quantitative estimate of drug-likeness (QED) is 0.663. The highest BCUT2D eigenvalue weighted by Crippen LogP contribution is 2.31. The molecule has 1 amide bonds. The zero-order valence-corrected chi connectivity index (χ0v) is 11.9. The third-order valence-electron chi connectivity index (χ3n) is 2.79. The molecule has 1 aliphatic rings. The van der Waals surface area contributed by atoms with Crippen molar-refractivity contribution in [3.05, 3.63) is 35.6 Å². The zero-order valence-electron chi connectivity index (χ0n) is 11.1. The van der Waals surface area contributed by atoms with Crippen molar-refractivity contribution in [1.29, 1.82) is 0 Å². The fourth-order valence-electron chi connectivity index (χ4n) is 1.76. The number of amides is 1. The monoisotopic (exact) mass is 337 g/mol. The van der Waals surface area contributed by atoms with Gasteiger partial charge in [-0.05, 0) is 17.7 Å². The van der Waals surface area contributed by atoms with Gasteiger partial charge in [-0.15, -0.1) is 0 Å². The maximum Gasteiger partial charge on any atom is 0.534 e. The van der Waals surface area contributed by atoms with Crippen LogP contribution < -0.4 is 10.1 Å². The second-order valence-electron chi connectivity index (χ2n) is 4.19. The first-order chi connectivity index (χ1) is 10.2. The van der Waals surface area contributed by atoms with Gasteiger partial charge in [0.15, 0.2) is 5.76 Å². The van der Waals surface area contributed by atoms with Crippen LogP contribution in [0.15, 0.2) is 30.0 Å². The number of hydrogen-bond donors (Lipinski definition) is 1. The van der Waals surface area contributed by atoms with E-state index in [4.69, 9.17) is 4.74 Å². The molecule has 0 aliphatic carbocycles. The minimum atomic E-state index is -5.83. The molecule has 0 atom stereocenters. The molecule has 120 valence electrons. The van der Waals surface area contributed by atoms with Gasteiger partial charge in [-0.2, -0.15) is 21.6 Å². The van der Waals surface area contributed by atoms with Crippen LogP contribution in [-0.2, 0) is 19.1 Å². The van der Waals surface area contributed by atoms with E-state index in [1.165, 1.54) is 31.4 Å². The van der Waals surface area contributed by atoms with Crippen molar-refractivity contribution in [3.8, 4) is 5.75 Å². The van der Waals surface area contributed by atoms with E-state index in [-0.39, 0.29) is 11.1 Å². The molecule has 0 radical (unpaired) electrons. The molecule has 0 saturated heterocycles. The molecule has 10 heteroatoms. The molecular formula is C12H10F3NO5S. The lowest BCUT2D eigenvalue weighted by atomic mass is 10.1. The fourth-order valence-corrected chi connectivity index (χ4v) is 2.27. The number of carbonyl (C=O) groups is 1. The summed E-state index contributed by atoms with van der Waals surface area (Å²) in [6.45, 7) is -0.449. The van der Waals surface area contributed by atoms with Gasteiger partial charge in [-0.3, -0.25) is 4.79 Å². The number of halogens is 3. The van der Waals surface area contributed by atoms with E-state index in [0.717, 1.165) is 0 Å². The van der Waals surface area contributed by atoms with Gasteiger partial charge in [0, 0.05) is 0 Å². The van der Waals surface area contributed by atoms with Crippen LogP contribution in [-0.4, -0.2) is 33.5 Å². The summed E-state index contributed by atoms with van der Waals surface area (Å²) < 4.78 is 68.2. The standard InChI is InChI=1S/C12H10F3NO5S/c1-20-8-4-2-7(3-5-8)10-9(6-16-11(10)17)21-22(18,19)12(13,14)15/h2-5H,6H2,1H3,(H,16,17). The molecule has 1 aliphatic heterocycles. The Hall–Kier alpha value is -2.23. The molecule has 1 aromatic rings. The zero-order chi connectivity index (χ0) is 16.5. The van der Waals surface area contributed by atoms with E-state index in [0.29, 0.717) is 5.75 Å². The highest BCUT2D eigenvalue weighted by molar-refractivity contribution is 7.87. The number of methoxy groups -OCH3 is 1. The number of hydrogen-bond acceptors (Lipinski definition) is 5. The van der Waals surface area contributed by atoms with Crippen molar-refractivity contribution in [2.24, 2.45) is 0 Å². The first-order valence-electron chi connectivity index (χ1n) is 5.82. The normalized spacial score (nSPS) is 15.7. The molecule has 0 saturated carbocycles. The van der Waals surface area contributed by atoms with Gasteiger partial charge >= 0.3 is 15.6 Å². The SMILES string of the molecule is COc1ccc(C2=C(OS(=O)(=O)C(F)(F)F)CNC2=O)cc1. The van der Waals surface area contributed by atoms with Crippen molar-refractivity contribution in [2.75, 3.05) is 13.7 Å².